The quantitative estimate of drug-likeness (QED) is 0.833. The van der Waals surface area contributed by atoms with Crippen LogP contribution in [0, 0.1) is 11.8 Å². The summed E-state index contributed by atoms with van der Waals surface area (Å²) in [4.78, 5) is 23.2. The minimum Gasteiger partial charge on any atom is -0.494 e. The molecule has 23 heavy (non-hydrogen) atoms. The topological polar surface area (TPSA) is 119 Å². The van der Waals surface area contributed by atoms with Crippen LogP contribution in [0.25, 0.3) is 5.69 Å². The highest BCUT2D eigenvalue weighted by atomic mass is 16.5. The van der Waals surface area contributed by atoms with Crippen LogP contribution in [-0.4, -0.2) is 44.3 Å². The van der Waals surface area contributed by atoms with E-state index in [2.05, 4.69) is 20.8 Å². The zero-order valence-corrected chi connectivity index (χ0v) is 12.3. The van der Waals surface area contributed by atoms with E-state index >= 15 is 0 Å². The Labute approximate surface area is 131 Å². The molecule has 1 saturated carbocycles. The van der Waals surface area contributed by atoms with Gasteiger partial charge in [-0.1, -0.05) is 0 Å². The number of methoxy groups -OCH3 is 1. The average molecular weight is 317 g/mol. The SMILES string of the molecule is COc1ccc(NC(=O)C2CCC2C(=O)O)cc1-n1cnnn1. The highest BCUT2D eigenvalue weighted by Gasteiger charge is 2.41. The van der Waals surface area contributed by atoms with E-state index in [-0.39, 0.29) is 5.91 Å². The van der Waals surface area contributed by atoms with Gasteiger partial charge in [-0.25, -0.2) is 0 Å². The van der Waals surface area contributed by atoms with Crippen molar-refractivity contribution >= 4 is 17.6 Å². The van der Waals surface area contributed by atoms with Crippen LogP contribution >= 0.6 is 0 Å². The number of anilines is 1. The number of aromatic nitrogens is 4. The molecule has 1 aromatic carbocycles. The summed E-state index contributed by atoms with van der Waals surface area (Å²) in [5.41, 5.74) is 1.09. The van der Waals surface area contributed by atoms with Crippen molar-refractivity contribution in [3.63, 3.8) is 0 Å². The Morgan fingerprint density at radius 3 is 2.70 bits per heavy atom. The van der Waals surface area contributed by atoms with E-state index in [1.165, 1.54) is 18.1 Å². The Morgan fingerprint density at radius 2 is 2.13 bits per heavy atom. The molecule has 120 valence electrons. The highest BCUT2D eigenvalue weighted by molar-refractivity contribution is 5.96. The van der Waals surface area contributed by atoms with Crippen LogP contribution < -0.4 is 10.1 Å². The maximum atomic E-state index is 12.2. The standard InChI is InChI=1S/C14H15N5O4/c1-23-12-5-2-8(6-11(12)19-7-15-17-18-19)16-13(20)9-3-4-10(9)14(21)22/h2,5-7,9-10H,3-4H2,1H3,(H,16,20)(H,21,22). The number of nitrogens with one attached hydrogen (secondary N) is 1. The van der Waals surface area contributed by atoms with E-state index in [0.717, 1.165) is 0 Å². The van der Waals surface area contributed by atoms with E-state index in [9.17, 15) is 9.59 Å². The first kappa shape index (κ1) is 14.9. The Hall–Kier alpha value is -2.97. The van der Waals surface area contributed by atoms with Gasteiger partial charge in [0.1, 0.15) is 17.8 Å². The van der Waals surface area contributed by atoms with Gasteiger partial charge in [0.15, 0.2) is 0 Å². The smallest absolute Gasteiger partial charge is 0.307 e. The van der Waals surface area contributed by atoms with E-state index in [0.29, 0.717) is 30.0 Å². The van der Waals surface area contributed by atoms with Crippen LogP contribution in [0.3, 0.4) is 0 Å². The van der Waals surface area contributed by atoms with Gasteiger partial charge in [-0.3, -0.25) is 9.59 Å². The molecule has 0 spiro atoms. The number of hydrogen-bond acceptors (Lipinski definition) is 6. The van der Waals surface area contributed by atoms with Crippen LogP contribution in [0.5, 0.6) is 5.75 Å². The fraction of sp³-hybridized carbons (Fsp3) is 0.357. The van der Waals surface area contributed by atoms with E-state index in [1.54, 1.807) is 18.2 Å². The number of aliphatic carboxylic acids is 1. The Bertz CT molecular complexity index is 731. The molecule has 0 radical (unpaired) electrons. The molecule has 0 bridgehead atoms. The molecule has 2 aromatic rings. The van der Waals surface area contributed by atoms with Crippen molar-refractivity contribution < 1.29 is 19.4 Å². The molecule has 9 heteroatoms. The lowest BCUT2D eigenvalue weighted by Crippen LogP contribution is -2.41. The minimum absolute atomic E-state index is 0.295. The Balaban J connectivity index is 1.80. The molecule has 9 nitrogen and oxygen atoms in total. The van der Waals surface area contributed by atoms with E-state index in [1.807, 2.05) is 0 Å². The highest BCUT2D eigenvalue weighted by Crippen LogP contribution is 2.35. The molecule has 1 aliphatic rings. The van der Waals surface area contributed by atoms with Crippen molar-refractivity contribution in [2.45, 2.75) is 12.8 Å². The van der Waals surface area contributed by atoms with Gasteiger partial charge < -0.3 is 15.2 Å². The molecule has 1 amide bonds. The maximum absolute atomic E-state index is 12.2. The second kappa shape index (κ2) is 6.03. The number of rotatable bonds is 5. The zero-order valence-electron chi connectivity index (χ0n) is 12.3. The van der Waals surface area contributed by atoms with Gasteiger partial charge in [-0.15, -0.1) is 5.10 Å². The summed E-state index contributed by atoms with van der Waals surface area (Å²) in [6, 6.07) is 5.03. The molecule has 2 N–H and O–H groups in total. The third kappa shape index (κ3) is 2.85. The molecule has 1 heterocycles. The first-order valence-electron chi connectivity index (χ1n) is 7.05. The van der Waals surface area contributed by atoms with Crippen molar-refractivity contribution in [1.29, 1.82) is 0 Å². The molecule has 3 rings (SSSR count). The van der Waals surface area contributed by atoms with Gasteiger partial charge >= 0.3 is 5.97 Å². The molecule has 1 aromatic heterocycles. The van der Waals surface area contributed by atoms with Crippen LogP contribution in [0.15, 0.2) is 24.5 Å². The first-order valence-corrected chi connectivity index (χ1v) is 7.05. The van der Waals surface area contributed by atoms with E-state index < -0.39 is 17.8 Å². The predicted molar refractivity (Wildman–Crippen MR) is 78.2 cm³/mol. The van der Waals surface area contributed by atoms with Crippen LogP contribution in [0.1, 0.15) is 12.8 Å². The monoisotopic (exact) mass is 317 g/mol. The fourth-order valence-electron chi connectivity index (χ4n) is 2.56. The molecule has 2 unspecified atom stereocenters. The number of carboxylic acid groups (broad SMARTS) is 1. The lowest BCUT2D eigenvalue weighted by molar-refractivity contribution is -0.151. The van der Waals surface area contributed by atoms with Crippen molar-refractivity contribution in [2.24, 2.45) is 11.8 Å². The van der Waals surface area contributed by atoms with Gasteiger partial charge in [0.05, 0.1) is 18.9 Å². The second-order valence-electron chi connectivity index (χ2n) is 5.26. The molecule has 1 fully saturated rings. The number of nitrogens with zero attached hydrogens (tertiary/aromatic N) is 4. The largest absolute Gasteiger partial charge is 0.494 e. The molecule has 0 saturated heterocycles. The third-order valence-electron chi connectivity index (χ3n) is 3.97. The number of hydrogen-bond donors (Lipinski definition) is 2. The summed E-state index contributed by atoms with van der Waals surface area (Å²) in [6.07, 6.45) is 2.53. The molecular formula is C14H15N5O4. The minimum atomic E-state index is -0.930. The van der Waals surface area contributed by atoms with Crippen molar-refractivity contribution in [3.05, 3.63) is 24.5 Å². The average Bonchev–Trinajstić information content (AvgIpc) is 2.99. The van der Waals surface area contributed by atoms with Crippen LogP contribution in [0.4, 0.5) is 5.69 Å². The van der Waals surface area contributed by atoms with Crippen molar-refractivity contribution in [2.75, 3.05) is 12.4 Å². The fourth-order valence-corrected chi connectivity index (χ4v) is 2.56. The van der Waals surface area contributed by atoms with Crippen molar-refractivity contribution in [1.82, 2.24) is 20.2 Å². The molecule has 2 atom stereocenters. The summed E-state index contributed by atoms with van der Waals surface area (Å²) in [6.45, 7) is 0. The Morgan fingerprint density at radius 1 is 1.35 bits per heavy atom. The van der Waals surface area contributed by atoms with Gasteiger partial charge in [0.25, 0.3) is 0 Å². The third-order valence-corrected chi connectivity index (χ3v) is 3.97. The number of carboxylic acids is 1. The van der Waals surface area contributed by atoms with Gasteiger partial charge in [0, 0.05) is 5.69 Å². The first-order chi connectivity index (χ1) is 11.1. The van der Waals surface area contributed by atoms with Gasteiger partial charge in [0.2, 0.25) is 5.91 Å². The predicted octanol–water partition coefficient (Wildman–Crippen LogP) is 0.720. The Kier molecular flexibility index (Phi) is 3.92. The summed E-state index contributed by atoms with van der Waals surface area (Å²) in [7, 11) is 1.52. The van der Waals surface area contributed by atoms with E-state index in [4.69, 9.17) is 9.84 Å². The van der Waals surface area contributed by atoms with Gasteiger partial charge in [-0.05, 0) is 41.5 Å². The van der Waals surface area contributed by atoms with Crippen molar-refractivity contribution in [3.8, 4) is 11.4 Å². The zero-order chi connectivity index (χ0) is 16.4. The number of carbonyl (C=O) groups is 2. The summed E-state index contributed by atoms with van der Waals surface area (Å²) >= 11 is 0. The molecular weight excluding hydrogens is 302 g/mol. The normalized spacial score (nSPS) is 19.7. The number of carbonyl (C=O) groups excluding carboxylic acids is 1. The summed E-state index contributed by atoms with van der Waals surface area (Å²) < 4.78 is 6.67. The van der Waals surface area contributed by atoms with Gasteiger partial charge in [-0.2, -0.15) is 4.68 Å². The molecule has 1 aliphatic carbocycles. The number of amides is 1. The summed E-state index contributed by atoms with van der Waals surface area (Å²) in [5.74, 6) is -1.78. The lowest BCUT2D eigenvalue weighted by Gasteiger charge is -2.31. The van der Waals surface area contributed by atoms with Crippen LogP contribution in [-0.2, 0) is 9.59 Å². The molecule has 0 aliphatic heterocycles. The lowest BCUT2D eigenvalue weighted by atomic mass is 9.73. The number of benzene rings is 1. The second-order valence-corrected chi connectivity index (χ2v) is 5.26. The summed E-state index contributed by atoms with van der Waals surface area (Å²) in [5, 5.41) is 22.7. The number of ether oxygens (including phenoxy) is 1. The van der Waals surface area contributed by atoms with Crippen LogP contribution in [0.2, 0.25) is 0 Å². The maximum Gasteiger partial charge on any atom is 0.307 e. The number of tetrazole rings is 1.